The van der Waals surface area contributed by atoms with Gasteiger partial charge >= 0.3 is 8.80 Å². The van der Waals surface area contributed by atoms with Gasteiger partial charge in [0.25, 0.3) is 0 Å². The summed E-state index contributed by atoms with van der Waals surface area (Å²) in [7, 11) is 2.42. The van der Waals surface area contributed by atoms with E-state index in [4.69, 9.17) is 19.0 Å². The minimum atomic E-state index is -2.51. The van der Waals surface area contributed by atoms with E-state index < -0.39 is 8.80 Å². The molecule has 0 saturated heterocycles. The molecule has 0 radical (unpaired) electrons. The molecule has 0 saturated carbocycles. The molecule has 0 aliphatic heterocycles. The van der Waals surface area contributed by atoms with Crippen LogP contribution in [0, 0.1) is 5.92 Å². The molecule has 0 rings (SSSR count). The SMILES string of the molecule is CO[Si](OC)(OC)C(CCN)C(C)C. The van der Waals surface area contributed by atoms with Crippen LogP contribution in [0.5, 0.6) is 0 Å². The number of rotatable bonds is 7. The van der Waals surface area contributed by atoms with Crippen LogP contribution in [0.2, 0.25) is 5.54 Å². The zero-order valence-electron chi connectivity index (χ0n) is 9.87. The van der Waals surface area contributed by atoms with Crippen LogP contribution in [0.3, 0.4) is 0 Å². The van der Waals surface area contributed by atoms with E-state index in [0.717, 1.165) is 6.42 Å². The van der Waals surface area contributed by atoms with Crippen LogP contribution in [0.15, 0.2) is 0 Å². The number of hydrogen-bond acceptors (Lipinski definition) is 4. The summed E-state index contributed by atoms with van der Waals surface area (Å²) in [5.74, 6) is 0.449. The molecular weight excluding hydrogens is 198 g/mol. The third kappa shape index (κ3) is 3.03. The van der Waals surface area contributed by atoms with Crippen molar-refractivity contribution in [1.82, 2.24) is 0 Å². The lowest BCUT2D eigenvalue weighted by Gasteiger charge is -2.34. The molecule has 0 aliphatic carbocycles. The lowest BCUT2D eigenvalue weighted by atomic mass is 10.1. The number of hydrogen-bond donors (Lipinski definition) is 1. The van der Waals surface area contributed by atoms with Gasteiger partial charge in [-0.1, -0.05) is 13.8 Å². The van der Waals surface area contributed by atoms with Gasteiger partial charge in [0.1, 0.15) is 0 Å². The van der Waals surface area contributed by atoms with E-state index in [-0.39, 0.29) is 5.54 Å². The van der Waals surface area contributed by atoms with Crippen molar-refractivity contribution in [2.24, 2.45) is 11.7 Å². The molecular formula is C9H23NO3Si. The van der Waals surface area contributed by atoms with Crippen molar-refractivity contribution in [1.29, 1.82) is 0 Å². The Morgan fingerprint density at radius 2 is 1.50 bits per heavy atom. The van der Waals surface area contributed by atoms with Gasteiger partial charge in [-0.25, -0.2) is 0 Å². The molecule has 14 heavy (non-hydrogen) atoms. The van der Waals surface area contributed by atoms with Gasteiger partial charge < -0.3 is 19.0 Å². The highest BCUT2D eigenvalue weighted by atomic mass is 28.4. The van der Waals surface area contributed by atoms with Crippen LogP contribution in [0.4, 0.5) is 0 Å². The molecule has 0 fully saturated rings. The van der Waals surface area contributed by atoms with Crippen molar-refractivity contribution in [2.75, 3.05) is 27.9 Å². The van der Waals surface area contributed by atoms with E-state index in [0.29, 0.717) is 12.5 Å². The van der Waals surface area contributed by atoms with E-state index in [1.165, 1.54) is 0 Å². The predicted molar refractivity (Wildman–Crippen MR) is 59.0 cm³/mol. The molecule has 0 amide bonds. The minimum Gasteiger partial charge on any atom is -0.377 e. The molecule has 0 aromatic carbocycles. The first kappa shape index (κ1) is 14.1. The Kier molecular flexibility index (Phi) is 6.55. The summed E-state index contributed by atoms with van der Waals surface area (Å²) >= 11 is 0. The van der Waals surface area contributed by atoms with Gasteiger partial charge in [-0.05, 0) is 18.9 Å². The highest BCUT2D eigenvalue weighted by Crippen LogP contribution is 2.33. The van der Waals surface area contributed by atoms with Crippen molar-refractivity contribution < 1.29 is 13.3 Å². The maximum atomic E-state index is 5.58. The molecule has 0 aromatic heterocycles. The Balaban J connectivity index is 4.70. The summed E-state index contributed by atoms with van der Waals surface area (Å²) < 4.78 is 16.4. The van der Waals surface area contributed by atoms with Gasteiger partial charge in [-0.15, -0.1) is 0 Å². The molecule has 86 valence electrons. The van der Waals surface area contributed by atoms with Gasteiger partial charge in [0.2, 0.25) is 0 Å². The van der Waals surface area contributed by atoms with Gasteiger partial charge in [-0.3, -0.25) is 0 Å². The quantitative estimate of drug-likeness (QED) is 0.657. The Morgan fingerprint density at radius 1 is 1.07 bits per heavy atom. The zero-order chi connectivity index (χ0) is 11.2. The van der Waals surface area contributed by atoms with Crippen LogP contribution >= 0.6 is 0 Å². The maximum Gasteiger partial charge on any atom is 0.503 e. The second kappa shape index (κ2) is 6.52. The average molecular weight is 221 g/mol. The molecule has 0 aliphatic rings. The second-order valence-corrected chi connectivity index (χ2v) is 6.82. The highest BCUT2D eigenvalue weighted by Gasteiger charge is 2.47. The van der Waals surface area contributed by atoms with Crippen LogP contribution < -0.4 is 5.73 Å². The fourth-order valence-electron chi connectivity index (χ4n) is 1.80. The summed E-state index contributed by atoms with van der Waals surface area (Å²) in [6.07, 6.45) is 0.874. The monoisotopic (exact) mass is 221 g/mol. The van der Waals surface area contributed by atoms with Crippen LogP contribution in [0.1, 0.15) is 20.3 Å². The topological polar surface area (TPSA) is 53.7 Å². The van der Waals surface area contributed by atoms with Gasteiger partial charge in [0.05, 0.1) is 0 Å². The Hall–Kier alpha value is 0.0569. The molecule has 0 heterocycles. The molecule has 1 unspecified atom stereocenters. The van der Waals surface area contributed by atoms with Crippen LogP contribution in [-0.4, -0.2) is 36.7 Å². The van der Waals surface area contributed by atoms with Crippen LogP contribution in [0.25, 0.3) is 0 Å². The maximum absolute atomic E-state index is 5.58. The first-order chi connectivity index (χ1) is 6.57. The number of nitrogens with two attached hydrogens (primary N) is 1. The van der Waals surface area contributed by atoms with Crippen LogP contribution in [-0.2, 0) is 13.3 Å². The molecule has 0 bridgehead atoms. The largest absolute Gasteiger partial charge is 0.503 e. The van der Waals surface area contributed by atoms with E-state index in [1.807, 2.05) is 0 Å². The Bertz CT molecular complexity index is 143. The molecule has 0 aromatic rings. The minimum absolute atomic E-state index is 0.271. The first-order valence-corrected chi connectivity index (χ1v) is 6.73. The van der Waals surface area contributed by atoms with E-state index >= 15 is 0 Å². The standard InChI is InChI=1S/C9H23NO3Si/c1-8(2)9(6-7-10)14(11-3,12-4)13-5/h8-9H,6-7,10H2,1-5H3. The fourth-order valence-corrected chi connectivity index (χ4v) is 4.55. The van der Waals surface area contributed by atoms with Crippen molar-refractivity contribution >= 4 is 8.80 Å². The van der Waals surface area contributed by atoms with Gasteiger partial charge in [0, 0.05) is 26.9 Å². The predicted octanol–water partition coefficient (Wildman–Crippen LogP) is 1.24. The summed E-state index contributed by atoms with van der Waals surface area (Å²) in [5, 5.41) is 0. The summed E-state index contributed by atoms with van der Waals surface area (Å²) in [6.45, 7) is 4.91. The zero-order valence-corrected chi connectivity index (χ0v) is 10.9. The van der Waals surface area contributed by atoms with Gasteiger partial charge in [0.15, 0.2) is 0 Å². The van der Waals surface area contributed by atoms with Crippen molar-refractivity contribution in [3.8, 4) is 0 Å². The third-order valence-corrected chi connectivity index (χ3v) is 6.16. The fraction of sp³-hybridized carbons (Fsp3) is 1.00. The second-order valence-electron chi connectivity index (χ2n) is 3.64. The lowest BCUT2D eigenvalue weighted by molar-refractivity contribution is 0.102. The van der Waals surface area contributed by atoms with E-state index in [1.54, 1.807) is 21.3 Å². The summed E-state index contributed by atoms with van der Waals surface area (Å²) in [6, 6.07) is 0. The van der Waals surface area contributed by atoms with Crippen molar-refractivity contribution in [3.05, 3.63) is 0 Å². The van der Waals surface area contributed by atoms with Gasteiger partial charge in [-0.2, -0.15) is 0 Å². The van der Waals surface area contributed by atoms with E-state index in [2.05, 4.69) is 13.8 Å². The van der Waals surface area contributed by atoms with Crippen molar-refractivity contribution in [2.45, 2.75) is 25.8 Å². The van der Waals surface area contributed by atoms with Crippen molar-refractivity contribution in [3.63, 3.8) is 0 Å². The molecule has 0 spiro atoms. The van der Waals surface area contributed by atoms with E-state index in [9.17, 15) is 0 Å². The average Bonchev–Trinajstić information content (AvgIpc) is 2.19. The normalized spacial score (nSPS) is 14.8. The lowest BCUT2D eigenvalue weighted by Crippen LogP contribution is -2.49. The smallest absolute Gasteiger partial charge is 0.377 e. The highest BCUT2D eigenvalue weighted by molar-refractivity contribution is 6.62. The molecule has 5 heteroatoms. The summed E-state index contributed by atoms with van der Waals surface area (Å²) in [5.41, 5.74) is 5.85. The molecule has 4 nitrogen and oxygen atoms in total. The molecule has 1 atom stereocenters. The summed E-state index contributed by atoms with van der Waals surface area (Å²) in [4.78, 5) is 0. The Labute approximate surface area is 88.1 Å². The third-order valence-electron chi connectivity index (χ3n) is 2.59. The Morgan fingerprint density at radius 3 is 1.71 bits per heavy atom. The first-order valence-electron chi connectivity index (χ1n) is 4.93. The molecule has 2 N–H and O–H groups in total.